The van der Waals surface area contributed by atoms with Crippen LogP contribution in [0, 0.1) is 0 Å². The Morgan fingerprint density at radius 1 is 1.35 bits per heavy atom. The van der Waals surface area contributed by atoms with E-state index in [0.29, 0.717) is 25.1 Å². The number of hydrogen-bond donors (Lipinski definition) is 2. The van der Waals surface area contributed by atoms with Gasteiger partial charge in [-0.2, -0.15) is 5.10 Å². The van der Waals surface area contributed by atoms with Gasteiger partial charge < -0.3 is 5.32 Å². The van der Waals surface area contributed by atoms with Crippen molar-refractivity contribution in [1.29, 1.82) is 0 Å². The largest absolute Gasteiger partial charge is 0.351 e. The van der Waals surface area contributed by atoms with E-state index in [9.17, 15) is 9.59 Å². The fourth-order valence-corrected chi connectivity index (χ4v) is 1.94. The molecule has 0 bridgehead atoms. The van der Waals surface area contributed by atoms with E-state index in [1.165, 1.54) is 5.56 Å². The number of hydrazone groups is 1. The molecule has 0 spiro atoms. The lowest BCUT2D eigenvalue weighted by molar-refractivity contribution is -0.121. The smallest absolute Gasteiger partial charge is 0.267 e. The number of aromatic nitrogens is 1. The molecule has 1 aliphatic heterocycles. The van der Waals surface area contributed by atoms with Crippen LogP contribution in [0.25, 0.3) is 0 Å². The highest BCUT2D eigenvalue weighted by Crippen LogP contribution is 2.03. The Bertz CT molecular complexity index is 499. The molecule has 6 nitrogen and oxygen atoms in total. The molecule has 20 heavy (non-hydrogen) atoms. The van der Waals surface area contributed by atoms with Crippen molar-refractivity contribution in [2.45, 2.75) is 32.1 Å². The van der Waals surface area contributed by atoms with Crippen LogP contribution < -0.4 is 10.7 Å². The Balaban J connectivity index is 1.61. The standard InChI is InChI=1S/C14H18N4O2/c19-13-7-6-12(17-18-13)14(20)16-9-2-1-4-11-5-3-8-15-10-11/h3,5,8,10H,1-2,4,6-7,9H2,(H,16,20)(H,18,19). The fraction of sp³-hybridized carbons (Fsp3) is 0.429. The van der Waals surface area contributed by atoms with Gasteiger partial charge in [0.05, 0.1) is 0 Å². The monoisotopic (exact) mass is 274 g/mol. The number of hydrogen-bond acceptors (Lipinski definition) is 4. The van der Waals surface area contributed by atoms with Gasteiger partial charge in [0.1, 0.15) is 5.71 Å². The summed E-state index contributed by atoms with van der Waals surface area (Å²) >= 11 is 0. The first-order chi connectivity index (χ1) is 9.75. The molecular formula is C14H18N4O2. The van der Waals surface area contributed by atoms with Crippen molar-refractivity contribution < 1.29 is 9.59 Å². The summed E-state index contributed by atoms with van der Waals surface area (Å²) in [5, 5.41) is 6.57. The minimum absolute atomic E-state index is 0.141. The molecule has 0 fully saturated rings. The normalized spacial score (nSPS) is 14.4. The zero-order valence-electron chi connectivity index (χ0n) is 11.3. The first-order valence-electron chi connectivity index (χ1n) is 6.78. The summed E-state index contributed by atoms with van der Waals surface area (Å²) in [6, 6.07) is 3.97. The SMILES string of the molecule is O=C1CCC(C(=O)NCCCCc2cccnc2)=NN1. The van der Waals surface area contributed by atoms with Gasteiger partial charge in [-0.25, -0.2) is 5.43 Å². The third kappa shape index (κ3) is 4.46. The number of carbonyl (C=O) groups is 2. The summed E-state index contributed by atoms with van der Waals surface area (Å²) in [5.41, 5.74) is 3.92. The van der Waals surface area contributed by atoms with Gasteiger partial charge in [-0.05, 0) is 30.9 Å². The summed E-state index contributed by atoms with van der Waals surface area (Å²) in [7, 11) is 0. The predicted octanol–water partition coefficient (Wildman–Crippen LogP) is 0.786. The van der Waals surface area contributed by atoms with Gasteiger partial charge in [-0.1, -0.05) is 6.07 Å². The third-order valence-electron chi connectivity index (χ3n) is 3.07. The summed E-state index contributed by atoms with van der Waals surface area (Å²) < 4.78 is 0. The fourth-order valence-electron chi connectivity index (χ4n) is 1.94. The minimum Gasteiger partial charge on any atom is -0.351 e. The summed E-state index contributed by atoms with van der Waals surface area (Å²) in [6.07, 6.45) is 7.21. The van der Waals surface area contributed by atoms with Crippen LogP contribution in [0.15, 0.2) is 29.6 Å². The Morgan fingerprint density at radius 3 is 2.95 bits per heavy atom. The average Bonchev–Trinajstić information content (AvgIpc) is 2.48. The molecule has 0 aromatic carbocycles. The van der Waals surface area contributed by atoms with E-state index in [0.717, 1.165) is 19.3 Å². The predicted molar refractivity (Wildman–Crippen MR) is 75.0 cm³/mol. The quantitative estimate of drug-likeness (QED) is 0.752. The van der Waals surface area contributed by atoms with Gasteiger partial charge in [0.2, 0.25) is 5.91 Å². The minimum atomic E-state index is -0.189. The summed E-state index contributed by atoms with van der Waals surface area (Å²) in [4.78, 5) is 26.7. The highest BCUT2D eigenvalue weighted by atomic mass is 16.2. The lowest BCUT2D eigenvalue weighted by Gasteiger charge is -2.11. The molecule has 106 valence electrons. The van der Waals surface area contributed by atoms with Crippen LogP contribution >= 0.6 is 0 Å². The molecule has 0 saturated heterocycles. The Kier molecular flexibility index (Phi) is 5.23. The Labute approximate surface area is 117 Å². The highest BCUT2D eigenvalue weighted by molar-refractivity contribution is 6.39. The maximum absolute atomic E-state index is 11.7. The number of carbonyl (C=O) groups excluding carboxylic acids is 2. The zero-order valence-corrected chi connectivity index (χ0v) is 11.3. The van der Waals surface area contributed by atoms with Crippen molar-refractivity contribution in [3.8, 4) is 0 Å². The molecule has 1 aromatic heterocycles. The van der Waals surface area contributed by atoms with Crippen LogP contribution in [0.3, 0.4) is 0 Å². The topological polar surface area (TPSA) is 83.5 Å². The van der Waals surface area contributed by atoms with E-state index in [-0.39, 0.29) is 11.8 Å². The van der Waals surface area contributed by atoms with Crippen LogP contribution in [-0.2, 0) is 16.0 Å². The van der Waals surface area contributed by atoms with Gasteiger partial charge in [0, 0.05) is 31.8 Å². The number of amides is 2. The van der Waals surface area contributed by atoms with Crippen molar-refractivity contribution in [1.82, 2.24) is 15.7 Å². The molecule has 0 atom stereocenters. The molecule has 0 aliphatic carbocycles. The number of unbranched alkanes of at least 4 members (excludes halogenated alkanes) is 1. The molecule has 0 unspecified atom stereocenters. The van der Waals surface area contributed by atoms with Crippen molar-refractivity contribution in [2.75, 3.05) is 6.54 Å². The van der Waals surface area contributed by atoms with Gasteiger partial charge in [0.25, 0.3) is 5.91 Å². The molecule has 6 heteroatoms. The van der Waals surface area contributed by atoms with E-state index < -0.39 is 0 Å². The summed E-state index contributed by atoms with van der Waals surface area (Å²) in [6.45, 7) is 0.617. The third-order valence-corrected chi connectivity index (χ3v) is 3.07. The van der Waals surface area contributed by atoms with E-state index in [2.05, 4.69) is 20.8 Å². The first-order valence-corrected chi connectivity index (χ1v) is 6.78. The lowest BCUT2D eigenvalue weighted by atomic mass is 10.1. The highest BCUT2D eigenvalue weighted by Gasteiger charge is 2.17. The number of aryl methyl sites for hydroxylation is 1. The molecular weight excluding hydrogens is 256 g/mol. The Hall–Kier alpha value is -2.24. The molecule has 2 heterocycles. The van der Waals surface area contributed by atoms with E-state index >= 15 is 0 Å². The molecule has 1 aliphatic rings. The first kappa shape index (κ1) is 14.2. The van der Waals surface area contributed by atoms with Crippen LogP contribution in [0.1, 0.15) is 31.2 Å². The zero-order chi connectivity index (χ0) is 14.2. The number of nitrogens with zero attached hydrogens (tertiary/aromatic N) is 2. The summed E-state index contributed by atoms with van der Waals surface area (Å²) in [5.74, 6) is -0.329. The van der Waals surface area contributed by atoms with E-state index in [4.69, 9.17) is 0 Å². The molecule has 2 N–H and O–H groups in total. The number of nitrogens with one attached hydrogen (secondary N) is 2. The molecule has 1 aromatic rings. The van der Waals surface area contributed by atoms with Crippen LogP contribution in [-0.4, -0.2) is 29.1 Å². The maximum Gasteiger partial charge on any atom is 0.267 e. The lowest BCUT2D eigenvalue weighted by Crippen LogP contribution is -2.37. The van der Waals surface area contributed by atoms with Crippen LogP contribution in [0.4, 0.5) is 0 Å². The molecule has 0 saturated carbocycles. The van der Waals surface area contributed by atoms with Gasteiger partial charge >= 0.3 is 0 Å². The molecule has 0 radical (unpaired) electrons. The second-order valence-corrected chi connectivity index (χ2v) is 4.67. The maximum atomic E-state index is 11.7. The Morgan fingerprint density at radius 2 is 2.25 bits per heavy atom. The number of rotatable bonds is 6. The van der Waals surface area contributed by atoms with Gasteiger partial charge in [-0.15, -0.1) is 0 Å². The van der Waals surface area contributed by atoms with Crippen molar-refractivity contribution in [3.63, 3.8) is 0 Å². The average molecular weight is 274 g/mol. The number of pyridine rings is 1. The van der Waals surface area contributed by atoms with Crippen molar-refractivity contribution >= 4 is 17.5 Å². The second-order valence-electron chi connectivity index (χ2n) is 4.67. The van der Waals surface area contributed by atoms with E-state index in [1.807, 2.05) is 18.3 Å². The molecule has 2 amide bonds. The second kappa shape index (κ2) is 7.37. The van der Waals surface area contributed by atoms with Gasteiger partial charge in [-0.3, -0.25) is 14.6 Å². The van der Waals surface area contributed by atoms with Crippen molar-refractivity contribution in [2.24, 2.45) is 5.10 Å². The van der Waals surface area contributed by atoms with Crippen LogP contribution in [0.2, 0.25) is 0 Å². The van der Waals surface area contributed by atoms with Crippen molar-refractivity contribution in [3.05, 3.63) is 30.1 Å². The molecule has 2 rings (SSSR count). The van der Waals surface area contributed by atoms with E-state index in [1.54, 1.807) is 6.20 Å². The van der Waals surface area contributed by atoms with Gasteiger partial charge in [0.15, 0.2) is 0 Å². The van der Waals surface area contributed by atoms with Crippen LogP contribution in [0.5, 0.6) is 0 Å².